The number of carboxylic acid groups (broad SMARTS) is 1. The molecule has 0 fully saturated rings. The van der Waals surface area contributed by atoms with Crippen LogP contribution in [0.3, 0.4) is 0 Å². The maximum Gasteiger partial charge on any atom is 0.319 e. The molecule has 1 rings (SSSR count). The molecule has 1 atom stereocenters. The second kappa shape index (κ2) is 7.13. The van der Waals surface area contributed by atoms with Crippen molar-refractivity contribution in [2.75, 3.05) is 17.2 Å². The molecule has 0 aromatic heterocycles. The van der Waals surface area contributed by atoms with Gasteiger partial charge in [-0.2, -0.15) is 0 Å². The van der Waals surface area contributed by atoms with Crippen molar-refractivity contribution in [3.8, 4) is 0 Å². The van der Waals surface area contributed by atoms with Crippen molar-refractivity contribution in [3.05, 3.63) is 24.3 Å². The van der Waals surface area contributed by atoms with Crippen molar-refractivity contribution >= 4 is 29.3 Å². The zero-order chi connectivity index (χ0) is 15.1. The van der Waals surface area contributed by atoms with E-state index in [0.717, 1.165) is 0 Å². The number of nitrogens with one attached hydrogen (secondary N) is 3. The minimum Gasteiger partial charge on any atom is -0.481 e. The number of hydrogen-bond acceptors (Lipinski definition) is 3. The molecule has 0 saturated carbocycles. The lowest BCUT2D eigenvalue weighted by molar-refractivity contribution is -0.140. The van der Waals surface area contributed by atoms with Gasteiger partial charge in [0.25, 0.3) is 0 Å². The highest BCUT2D eigenvalue weighted by Crippen LogP contribution is 2.13. The number of anilines is 2. The van der Waals surface area contributed by atoms with Gasteiger partial charge in [-0.25, -0.2) is 4.79 Å². The zero-order valence-electron chi connectivity index (χ0n) is 11.3. The van der Waals surface area contributed by atoms with E-state index in [9.17, 15) is 14.4 Å². The Labute approximate surface area is 116 Å². The predicted molar refractivity (Wildman–Crippen MR) is 74.6 cm³/mol. The molecule has 0 spiro atoms. The Morgan fingerprint density at radius 1 is 1.10 bits per heavy atom. The summed E-state index contributed by atoms with van der Waals surface area (Å²) in [6.45, 7) is 2.96. The number of amides is 3. The monoisotopic (exact) mass is 279 g/mol. The third-order valence-corrected chi connectivity index (χ3v) is 2.45. The number of urea groups is 1. The molecule has 20 heavy (non-hydrogen) atoms. The molecule has 7 heteroatoms. The number of carboxylic acids is 1. The molecule has 0 bridgehead atoms. The molecule has 0 heterocycles. The van der Waals surface area contributed by atoms with Crippen molar-refractivity contribution in [3.63, 3.8) is 0 Å². The number of aliphatic carboxylic acids is 1. The van der Waals surface area contributed by atoms with Gasteiger partial charge in [-0.3, -0.25) is 9.59 Å². The molecule has 0 aliphatic rings. The van der Waals surface area contributed by atoms with E-state index in [-0.39, 0.29) is 12.5 Å². The van der Waals surface area contributed by atoms with Gasteiger partial charge in [-0.1, -0.05) is 6.92 Å². The van der Waals surface area contributed by atoms with Gasteiger partial charge in [0.05, 0.1) is 5.92 Å². The van der Waals surface area contributed by atoms with Gasteiger partial charge in [-0.15, -0.1) is 0 Å². The van der Waals surface area contributed by atoms with Gasteiger partial charge in [0.2, 0.25) is 5.91 Å². The highest BCUT2D eigenvalue weighted by Gasteiger charge is 2.11. The molecule has 0 saturated heterocycles. The van der Waals surface area contributed by atoms with E-state index in [2.05, 4.69) is 16.0 Å². The molecule has 1 unspecified atom stereocenters. The number of carbonyl (C=O) groups excluding carboxylic acids is 2. The number of carbonyl (C=O) groups is 3. The second-order valence-corrected chi connectivity index (χ2v) is 4.33. The molecule has 0 radical (unpaired) electrons. The molecule has 0 aliphatic carbocycles. The topological polar surface area (TPSA) is 108 Å². The third kappa shape index (κ3) is 5.38. The van der Waals surface area contributed by atoms with E-state index in [1.54, 1.807) is 24.3 Å². The average Bonchev–Trinajstić information content (AvgIpc) is 2.37. The Bertz CT molecular complexity index is 499. The molecule has 1 aromatic rings. The minimum absolute atomic E-state index is 0.0468. The highest BCUT2D eigenvalue weighted by atomic mass is 16.4. The number of rotatable bonds is 5. The molecule has 4 N–H and O–H groups in total. The van der Waals surface area contributed by atoms with Crippen molar-refractivity contribution in [2.24, 2.45) is 5.92 Å². The van der Waals surface area contributed by atoms with Crippen molar-refractivity contribution in [1.82, 2.24) is 5.32 Å². The minimum atomic E-state index is -0.968. The van der Waals surface area contributed by atoms with Crippen LogP contribution in [0.5, 0.6) is 0 Å². The molecule has 1 aromatic carbocycles. The van der Waals surface area contributed by atoms with E-state index in [0.29, 0.717) is 11.4 Å². The van der Waals surface area contributed by atoms with Crippen LogP contribution < -0.4 is 16.0 Å². The van der Waals surface area contributed by atoms with E-state index in [1.165, 1.54) is 13.8 Å². The van der Waals surface area contributed by atoms with Crippen molar-refractivity contribution in [2.45, 2.75) is 13.8 Å². The fourth-order valence-electron chi connectivity index (χ4n) is 1.35. The summed E-state index contributed by atoms with van der Waals surface area (Å²) in [5.74, 6) is -1.79. The van der Waals surface area contributed by atoms with Gasteiger partial charge >= 0.3 is 12.0 Å². The van der Waals surface area contributed by atoms with Gasteiger partial charge in [-0.05, 0) is 24.3 Å². The Morgan fingerprint density at radius 2 is 1.60 bits per heavy atom. The zero-order valence-corrected chi connectivity index (χ0v) is 11.3. The molecular weight excluding hydrogens is 262 g/mol. The third-order valence-electron chi connectivity index (χ3n) is 2.45. The Hall–Kier alpha value is -2.57. The summed E-state index contributed by atoms with van der Waals surface area (Å²) in [6.07, 6.45) is 0. The Morgan fingerprint density at radius 3 is 2.05 bits per heavy atom. The van der Waals surface area contributed by atoms with Crippen LogP contribution in [0.1, 0.15) is 13.8 Å². The van der Waals surface area contributed by atoms with Crippen LogP contribution in [0.25, 0.3) is 0 Å². The molecule has 7 nitrogen and oxygen atoms in total. The summed E-state index contributed by atoms with van der Waals surface area (Å²) < 4.78 is 0. The lowest BCUT2D eigenvalue weighted by atomic mass is 10.2. The van der Waals surface area contributed by atoms with Gasteiger partial charge < -0.3 is 21.1 Å². The van der Waals surface area contributed by atoms with Crippen LogP contribution in [0.2, 0.25) is 0 Å². The van der Waals surface area contributed by atoms with Crippen molar-refractivity contribution in [1.29, 1.82) is 0 Å². The summed E-state index contributed by atoms with van der Waals surface area (Å²) in [6, 6.07) is 6.08. The fraction of sp³-hybridized carbons (Fsp3) is 0.308. The van der Waals surface area contributed by atoms with Gasteiger partial charge in [0.15, 0.2) is 0 Å². The maximum absolute atomic E-state index is 11.5. The van der Waals surface area contributed by atoms with Crippen LogP contribution in [-0.2, 0) is 9.59 Å². The summed E-state index contributed by atoms with van der Waals surface area (Å²) in [7, 11) is 0. The first-order valence-electron chi connectivity index (χ1n) is 6.04. The van der Waals surface area contributed by atoms with Crippen LogP contribution in [0, 0.1) is 5.92 Å². The summed E-state index contributed by atoms with van der Waals surface area (Å²) in [4.78, 5) is 32.9. The lowest BCUT2D eigenvalue weighted by Gasteiger charge is -2.10. The second-order valence-electron chi connectivity index (χ2n) is 4.33. The van der Waals surface area contributed by atoms with Crippen molar-refractivity contribution < 1.29 is 19.5 Å². The summed E-state index contributed by atoms with van der Waals surface area (Å²) in [5, 5.41) is 16.3. The SMILES string of the molecule is CC(=O)Nc1ccc(NC(=O)NCC(C)C(=O)O)cc1. The maximum atomic E-state index is 11.5. The quantitative estimate of drug-likeness (QED) is 0.654. The molecule has 3 amide bonds. The number of hydrogen-bond donors (Lipinski definition) is 4. The number of benzene rings is 1. The first kappa shape index (κ1) is 15.5. The van der Waals surface area contributed by atoms with Crippen LogP contribution >= 0.6 is 0 Å². The van der Waals surface area contributed by atoms with E-state index < -0.39 is 17.9 Å². The first-order valence-corrected chi connectivity index (χ1v) is 6.04. The normalized spacial score (nSPS) is 11.3. The smallest absolute Gasteiger partial charge is 0.319 e. The largest absolute Gasteiger partial charge is 0.481 e. The lowest BCUT2D eigenvalue weighted by Crippen LogP contribution is -2.34. The molecular formula is C13H17N3O4. The predicted octanol–water partition coefficient (Wildman–Crippen LogP) is 1.49. The summed E-state index contributed by atoms with van der Waals surface area (Å²) in [5.41, 5.74) is 1.17. The standard InChI is InChI=1S/C13H17N3O4/c1-8(12(18)19)7-14-13(20)16-11-5-3-10(4-6-11)15-9(2)17/h3-6,8H,7H2,1-2H3,(H,15,17)(H,18,19)(H2,14,16,20). The fourth-order valence-corrected chi connectivity index (χ4v) is 1.35. The highest BCUT2D eigenvalue weighted by molar-refractivity contribution is 5.91. The van der Waals surface area contributed by atoms with E-state index in [1.807, 2.05) is 0 Å². The summed E-state index contributed by atoms with van der Waals surface area (Å²) >= 11 is 0. The van der Waals surface area contributed by atoms with Gasteiger partial charge in [0, 0.05) is 24.8 Å². The van der Waals surface area contributed by atoms with Crippen LogP contribution in [-0.4, -0.2) is 29.6 Å². The Balaban J connectivity index is 2.46. The Kier molecular flexibility index (Phi) is 5.52. The first-order chi connectivity index (χ1) is 9.38. The van der Waals surface area contributed by atoms with Crippen LogP contribution in [0.15, 0.2) is 24.3 Å². The average molecular weight is 279 g/mol. The molecule has 0 aliphatic heterocycles. The van der Waals surface area contributed by atoms with E-state index in [4.69, 9.17) is 5.11 Å². The van der Waals surface area contributed by atoms with Crippen LogP contribution in [0.4, 0.5) is 16.2 Å². The van der Waals surface area contributed by atoms with E-state index >= 15 is 0 Å². The molecule has 108 valence electrons. The van der Waals surface area contributed by atoms with Gasteiger partial charge in [0.1, 0.15) is 0 Å².